The largest absolute Gasteiger partial charge is 0.468 e. The first kappa shape index (κ1) is 19.6. The van der Waals surface area contributed by atoms with Crippen molar-refractivity contribution in [2.45, 2.75) is 24.7 Å². The second kappa shape index (κ2) is 8.55. The van der Waals surface area contributed by atoms with Gasteiger partial charge in [0, 0.05) is 19.5 Å². The number of Topliss-reactive ketones (excluding diaryl/α,β-unsaturated/α-hetero) is 1. The molecule has 0 aliphatic carbocycles. The summed E-state index contributed by atoms with van der Waals surface area (Å²) in [4.78, 5) is 23.9. The van der Waals surface area contributed by atoms with Gasteiger partial charge in [-0.25, -0.2) is 8.42 Å². The van der Waals surface area contributed by atoms with Gasteiger partial charge in [0.05, 0.1) is 25.2 Å². The third-order valence-electron chi connectivity index (χ3n) is 4.19. The molecule has 0 saturated carbocycles. The van der Waals surface area contributed by atoms with E-state index in [0.717, 1.165) is 0 Å². The molecular formula is C17H23NO6S. The third kappa shape index (κ3) is 4.65. The summed E-state index contributed by atoms with van der Waals surface area (Å²) in [5, 5.41) is 0. The van der Waals surface area contributed by atoms with Crippen molar-refractivity contribution in [3.05, 3.63) is 29.8 Å². The van der Waals surface area contributed by atoms with Crippen LogP contribution in [0.5, 0.6) is 0 Å². The number of carbonyl (C=O) groups is 2. The van der Waals surface area contributed by atoms with E-state index in [-0.39, 0.29) is 23.5 Å². The molecule has 7 nitrogen and oxygen atoms in total. The lowest BCUT2D eigenvalue weighted by molar-refractivity contribution is -0.149. The molecule has 8 heteroatoms. The van der Waals surface area contributed by atoms with Crippen LogP contribution in [0.25, 0.3) is 0 Å². The van der Waals surface area contributed by atoms with Crippen molar-refractivity contribution in [3.8, 4) is 0 Å². The lowest BCUT2D eigenvalue weighted by Gasteiger charge is -2.26. The van der Waals surface area contributed by atoms with E-state index < -0.39 is 21.9 Å². The molecule has 1 fully saturated rings. The molecule has 1 aromatic rings. The standard InChI is InChI=1S/C17H23NO6S/c1-3-16(19)15(17(20)23-2)12-13-4-6-14(7-5-13)25(21,22)18-8-10-24-11-9-18/h4-7,15H,3,8-12H2,1-2H3. The average Bonchev–Trinajstić information content (AvgIpc) is 2.66. The van der Waals surface area contributed by atoms with E-state index in [1.807, 2.05) is 0 Å². The number of carbonyl (C=O) groups excluding carboxylic acids is 2. The molecule has 0 N–H and O–H groups in total. The Hall–Kier alpha value is -1.77. The van der Waals surface area contributed by atoms with Gasteiger partial charge in [-0.15, -0.1) is 0 Å². The number of ketones is 1. The lowest BCUT2D eigenvalue weighted by Crippen LogP contribution is -2.40. The minimum absolute atomic E-state index is 0.189. The van der Waals surface area contributed by atoms with Gasteiger partial charge in [0.15, 0.2) is 0 Å². The van der Waals surface area contributed by atoms with Crippen LogP contribution in [0.4, 0.5) is 0 Å². The van der Waals surface area contributed by atoms with Crippen LogP contribution >= 0.6 is 0 Å². The number of methoxy groups -OCH3 is 1. The van der Waals surface area contributed by atoms with Gasteiger partial charge in [0.1, 0.15) is 11.7 Å². The first-order chi connectivity index (χ1) is 11.9. The molecule has 0 aromatic heterocycles. The van der Waals surface area contributed by atoms with Crippen molar-refractivity contribution in [1.29, 1.82) is 0 Å². The Morgan fingerprint density at radius 1 is 1.20 bits per heavy atom. The Morgan fingerprint density at radius 3 is 2.32 bits per heavy atom. The maximum absolute atomic E-state index is 12.6. The Labute approximate surface area is 148 Å². The van der Waals surface area contributed by atoms with Crippen LogP contribution in [0.2, 0.25) is 0 Å². The summed E-state index contributed by atoms with van der Waals surface area (Å²) in [7, 11) is -2.31. The number of morpholine rings is 1. The Morgan fingerprint density at radius 2 is 1.80 bits per heavy atom. The van der Waals surface area contributed by atoms with E-state index in [0.29, 0.717) is 31.9 Å². The average molecular weight is 369 g/mol. The number of esters is 1. The fourth-order valence-corrected chi connectivity index (χ4v) is 4.09. The van der Waals surface area contributed by atoms with Crippen molar-refractivity contribution in [2.75, 3.05) is 33.4 Å². The normalized spacial score (nSPS) is 17.0. The minimum atomic E-state index is -3.55. The molecule has 1 heterocycles. The summed E-state index contributed by atoms with van der Waals surface area (Å²) in [5.41, 5.74) is 0.707. The predicted molar refractivity (Wildman–Crippen MR) is 90.5 cm³/mol. The van der Waals surface area contributed by atoms with Gasteiger partial charge in [0.2, 0.25) is 10.0 Å². The molecule has 1 aliphatic heterocycles. The van der Waals surface area contributed by atoms with Crippen molar-refractivity contribution in [2.24, 2.45) is 5.92 Å². The lowest BCUT2D eigenvalue weighted by atomic mass is 9.94. The minimum Gasteiger partial charge on any atom is -0.468 e. The summed E-state index contributed by atoms with van der Waals surface area (Å²) in [6.45, 7) is 3.13. The smallest absolute Gasteiger partial charge is 0.316 e. The van der Waals surface area contributed by atoms with Gasteiger partial charge in [-0.1, -0.05) is 19.1 Å². The molecular weight excluding hydrogens is 346 g/mol. The maximum atomic E-state index is 12.6. The van der Waals surface area contributed by atoms with Crippen LogP contribution in [-0.4, -0.2) is 57.9 Å². The molecule has 1 aromatic carbocycles. The highest BCUT2D eigenvalue weighted by atomic mass is 32.2. The molecule has 0 radical (unpaired) electrons. The van der Waals surface area contributed by atoms with E-state index in [9.17, 15) is 18.0 Å². The van der Waals surface area contributed by atoms with Crippen molar-refractivity contribution >= 4 is 21.8 Å². The Balaban J connectivity index is 2.15. The predicted octanol–water partition coefficient (Wildman–Crippen LogP) is 1.02. The molecule has 25 heavy (non-hydrogen) atoms. The second-order valence-electron chi connectivity index (χ2n) is 5.76. The quantitative estimate of drug-likeness (QED) is 0.526. The van der Waals surface area contributed by atoms with Crippen molar-refractivity contribution in [3.63, 3.8) is 0 Å². The van der Waals surface area contributed by atoms with Gasteiger partial charge < -0.3 is 9.47 Å². The van der Waals surface area contributed by atoms with E-state index in [1.54, 1.807) is 19.1 Å². The first-order valence-electron chi connectivity index (χ1n) is 8.17. The topological polar surface area (TPSA) is 90.0 Å². The van der Waals surface area contributed by atoms with Gasteiger partial charge in [-0.3, -0.25) is 9.59 Å². The highest BCUT2D eigenvalue weighted by Gasteiger charge is 2.28. The summed E-state index contributed by atoms with van der Waals surface area (Å²) in [5.74, 6) is -1.63. The molecule has 0 bridgehead atoms. The van der Waals surface area contributed by atoms with Crippen molar-refractivity contribution < 1.29 is 27.5 Å². The van der Waals surface area contributed by atoms with Crippen LogP contribution in [0.1, 0.15) is 18.9 Å². The molecule has 2 rings (SSSR count). The van der Waals surface area contributed by atoms with Crippen LogP contribution < -0.4 is 0 Å². The summed E-state index contributed by atoms with van der Waals surface area (Å²) < 4.78 is 36.4. The van der Waals surface area contributed by atoms with Gasteiger partial charge in [-0.2, -0.15) is 4.31 Å². The number of ether oxygens (including phenoxy) is 2. The molecule has 1 atom stereocenters. The monoisotopic (exact) mass is 369 g/mol. The summed E-state index contributed by atoms with van der Waals surface area (Å²) in [6, 6.07) is 6.27. The van der Waals surface area contributed by atoms with E-state index in [4.69, 9.17) is 9.47 Å². The summed E-state index contributed by atoms with van der Waals surface area (Å²) in [6.07, 6.45) is 0.431. The van der Waals surface area contributed by atoms with Crippen LogP contribution in [0.3, 0.4) is 0 Å². The SMILES string of the molecule is CCC(=O)C(Cc1ccc(S(=O)(=O)N2CCOCC2)cc1)C(=O)OC. The Bertz CT molecular complexity index is 691. The first-order valence-corrected chi connectivity index (χ1v) is 9.61. The van der Waals surface area contributed by atoms with E-state index >= 15 is 0 Å². The third-order valence-corrected chi connectivity index (χ3v) is 6.11. The highest BCUT2D eigenvalue weighted by molar-refractivity contribution is 7.89. The molecule has 1 unspecified atom stereocenters. The van der Waals surface area contributed by atoms with Crippen LogP contribution in [0, 0.1) is 5.92 Å². The van der Waals surface area contributed by atoms with Crippen molar-refractivity contribution in [1.82, 2.24) is 4.31 Å². The highest BCUT2D eigenvalue weighted by Crippen LogP contribution is 2.20. The molecule has 0 spiro atoms. The Kier molecular flexibility index (Phi) is 6.69. The fourth-order valence-electron chi connectivity index (χ4n) is 2.69. The maximum Gasteiger partial charge on any atom is 0.316 e. The van der Waals surface area contributed by atoms with Gasteiger partial charge in [0.25, 0.3) is 0 Å². The van der Waals surface area contributed by atoms with Gasteiger partial charge in [-0.05, 0) is 24.1 Å². The number of benzene rings is 1. The number of nitrogens with zero attached hydrogens (tertiary/aromatic N) is 1. The zero-order chi connectivity index (χ0) is 18.4. The summed E-state index contributed by atoms with van der Waals surface area (Å²) >= 11 is 0. The van der Waals surface area contributed by atoms with E-state index in [2.05, 4.69) is 0 Å². The molecule has 138 valence electrons. The van der Waals surface area contributed by atoms with Gasteiger partial charge >= 0.3 is 5.97 Å². The zero-order valence-corrected chi connectivity index (χ0v) is 15.3. The fraction of sp³-hybridized carbons (Fsp3) is 0.529. The van der Waals surface area contributed by atoms with E-state index in [1.165, 1.54) is 23.5 Å². The molecule has 1 saturated heterocycles. The number of hydrogen-bond acceptors (Lipinski definition) is 6. The number of rotatable bonds is 7. The molecule has 1 aliphatic rings. The number of hydrogen-bond donors (Lipinski definition) is 0. The second-order valence-corrected chi connectivity index (χ2v) is 7.70. The molecule has 0 amide bonds. The zero-order valence-electron chi connectivity index (χ0n) is 14.4. The number of sulfonamides is 1. The van der Waals surface area contributed by atoms with Crippen LogP contribution in [-0.2, 0) is 35.5 Å². The van der Waals surface area contributed by atoms with Crippen LogP contribution in [0.15, 0.2) is 29.2 Å².